The Bertz CT molecular complexity index is 778. The van der Waals surface area contributed by atoms with Gasteiger partial charge in [-0.05, 0) is 52.3 Å². The van der Waals surface area contributed by atoms with Crippen LogP contribution in [0.2, 0.25) is 0 Å². The van der Waals surface area contributed by atoms with Gasteiger partial charge in [0.05, 0.1) is 12.7 Å². The quantitative estimate of drug-likeness (QED) is 0.794. The molecule has 0 unspecified atom stereocenters. The molecule has 1 saturated heterocycles. The highest BCUT2D eigenvalue weighted by molar-refractivity contribution is 5.78. The molecule has 1 atom stereocenters. The van der Waals surface area contributed by atoms with Crippen LogP contribution in [0, 0.1) is 6.92 Å². The molecule has 7 heteroatoms. The van der Waals surface area contributed by atoms with Crippen molar-refractivity contribution in [3.05, 3.63) is 42.1 Å². The molecule has 1 N–H and O–H groups in total. The molecule has 1 amide bonds. The van der Waals surface area contributed by atoms with Crippen molar-refractivity contribution in [3.8, 4) is 0 Å². The smallest absolute Gasteiger partial charge is 0.236 e. The first-order valence-electron chi connectivity index (χ1n) is 10.1. The third kappa shape index (κ3) is 5.25. The second-order valence-electron chi connectivity index (χ2n) is 7.28. The highest BCUT2D eigenvalue weighted by atomic mass is 16.2. The summed E-state index contributed by atoms with van der Waals surface area (Å²) in [5.41, 5.74) is 3.02. The molecule has 2 aromatic heterocycles. The van der Waals surface area contributed by atoms with E-state index < -0.39 is 0 Å². The van der Waals surface area contributed by atoms with Gasteiger partial charge in [-0.1, -0.05) is 0 Å². The van der Waals surface area contributed by atoms with Crippen molar-refractivity contribution < 1.29 is 4.79 Å². The summed E-state index contributed by atoms with van der Waals surface area (Å²) in [5, 5.41) is 3.31. The maximum Gasteiger partial charge on any atom is 0.236 e. The van der Waals surface area contributed by atoms with Gasteiger partial charge in [0.1, 0.15) is 5.82 Å². The number of aromatic nitrogens is 3. The molecule has 0 spiro atoms. The number of piperidine rings is 1. The van der Waals surface area contributed by atoms with Crippen molar-refractivity contribution in [2.24, 2.45) is 0 Å². The van der Waals surface area contributed by atoms with Gasteiger partial charge in [0.25, 0.3) is 0 Å². The zero-order valence-corrected chi connectivity index (χ0v) is 17.1. The molecule has 1 aliphatic rings. The predicted molar refractivity (Wildman–Crippen MR) is 111 cm³/mol. The van der Waals surface area contributed by atoms with E-state index in [0.29, 0.717) is 18.3 Å². The fourth-order valence-corrected chi connectivity index (χ4v) is 3.80. The number of pyridine rings is 1. The van der Waals surface area contributed by atoms with Gasteiger partial charge in [-0.15, -0.1) is 0 Å². The third-order valence-corrected chi connectivity index (χ3v) is 5.21. The molecule has 1 fully saturated rings. The number of likely N-dealkylation sites (N-methyl/N-ethyl adjacent to an activating group) is 1. The van der Waals surface area contributed by atoms with Gasteiger partial charge < -0.3 is 10.2 Å². The molecular formula is C21H30N6O. The zero-order valence-electron chi connectivity index (χ0n) is 17.1. The van der Waals surface area contributed by atoms with Crippen molar-refractivity contribution in [1.82, 2.24) is 24.8 Å². The minimum atomic E-state index is 0.216. The summed E-state index contributed by atoms with van der Waals surface area (Å²) in [5.74, 6) is 1.27. The molecule has 2 aromatic rings. The average Bonchev–Trinajstić information content (AvgIpc) is 2.69. The van der Waals surface area contributed by atoms with Crippen molar-refractivity contribution in [2.75, 3.05) is 38.0 Å². The number of carbonyl (C=O) groups is 1. The molecule has 28 heavy (non-hydrogen) atoms. The molecule has 1 aliphatic heterocycles. The maximum absolute atomic E-state index is 12.5. The molecule has 0 saturated carbocycles. The number of likely N-dealkylation sites (tertiary alicyclic amines) is 1. The lowest BCUT2D eigenvalue weighted by atomic mass is 9.93. The monoisotopic (exact) mass is 382 g/mol. The molecule has 0 aliphatic carbocycles. The number of nitrogens with one attached hydrogen (secondary N) is 1. The van der Waals surface area contributed by atoms with E-state index in [0.717, 1.165) is 56.1 Å². The van der Waals surface area contributed by atoms with E-state index >= 15 is 0 Å². The molecule has 3 heterocycles. The van der Waals surface area contributed by atoms with Gasteiger partial charge in [-0.3, -0.25) is 19.7 Å². The number of rotatable bonds is 7. The fraction of sp³-hybridized carbons (Fsp3) is 0.524. The van der Waals surface area contributed by atoms with Crippen LogP contribution < -0.4 is 5.32 Å². The number of hydrogen-bond donors (Lipinski definition) is 1. The molecule has 7 nitrogen and oxygen atoms in total. The van der Waals surface area contributed by atoms with E-state index in [9.17, 15) is 4.79 Å². The second-order valence-corrected chi connectivity index (χ2v) is 7.28. The summed E-state index contributed by atoms with van der Waals surface area (Å²) >= 11 is 0. The topological polar surface area (TPSA) is 74.2 Å². The van der Waals surface area contributed by atoms with Crippen molar-refractivity contribution in [3.63, 3.8) is 0 Å². The molecule has 3 rings (SSSR count). The van der Waals surface area contributed by atoms with Gasteiger partial charge in [-0.2, -0.15) is 0 Å². The Kier molecular flexibility index (Phi) is 6.92. The Labute approximate surface area is 167 Å². The highest BCUT2D eigenvalue weighted by Crippen LogP contribution is 2.28. The van der Waals surface area contributed by atoms with Gasteiger partial charge in [-0.25, -0.2) is 4.98 Å². The molecule has 0 radical (unpaired) electrons. The summed E-state index contributed by atoms with van der Waals surface area (Å²) in [6, 6.07) is 4.12. The van der Waals surface area contributed by atoms with Crippen molar-refractivity contribution >= 4 is 17.4 Å². The lowest BCUT2D eigenvalue weighted by molar-refractivity contribution is -0.132. The molecule has 0 aromatic carbocycles. The van der Waals surface area contributed by atoms with Gasteiger partial charge >= 0.3 is 0 Å². The van der Waals surface area contributed by atoms with Gasteiger partial charge in [0, 0.05) is 55.0 Å². The standard InChI is InChI=1S/C21H30N6O/c1-4-27(5-2)21(28)15-26-10-6-7-17(14-26)19-12-18(11-16(3)24-19)25-20-13-22-8-9-23-20/h8-9,11-13,17H,4-7,10,14-15H2,1-3H3,(H,23,24,25)/t17-/m0/s1. The Morgan fingerprint density at radius 1 is 1.29 bits per heavy atom. The Hall–Kier alpha value is -2.54. The van der Waals surface area contributed by atoms with Gasteiger partial charge in [0.2, 0.25) is 5.91 Å². The first-order chi connectivity index (χ1) is 13.6. The van der Waals surface area contributed by atoms with Crippen molar-refractivity contribution in [2.45, 2.75) is 39.5 Å². The SMILES string of the molecule is CCN(CC)C(=O)CN1CCC[C@H](c2cc(Nc3cnccn3)cc(C)n2)C1. The van der Waals surface area contributed by atoms with Crippen LogP contribution in [-0.4, -0.2) is 63.4 Å². The Morgan fingerprint density at radius 3 is 2.82 bits per heavy atom. The van der Waals surface area contributed by atoms with Crippen LogP contribution in [0.4, 0.5) is 11.5 Å². The maximum atomic E-state index is 12.5. The Balaban J connectivity index is 1.69. The summed E-state index contributed by atoms with van der Waals surface area (Å²) < 4.78 is 0. The summed E-state index contributed by atoms with van der Waals surface area (Å²) in [7, 11) is 0. The Morgan fingerprint density at radius 2 is 2.11 bits per heavy atom. The largest absolute Gasteiger partial charge is 0.342 e. The van der Waals surface area contributed by atoms with Crippen LogP contribution >= 0.6 is 0 Å². The van der Waals surface area contributed by atoms with Crippen LogP contribution in [0.1, 0.15) is 44.0 Å². The molecule has 0 bridgehead atoms. The van der Waals surface area contributed by atoms with E-state index in [4.69, 9.17) is 4.98 Å². The van der Waals surface area contributed by atoms with Crippen LogP contribution in [0.25, 0.3) is 0 Å². The van der Waals surface area contributed by atoms with E-state index in [1.807, 2.05) is 31.7 Å². The molecular weight excluding hydrogens is 352 g/mol. The van der Waals surface area contributed by atoms with E-state index in [2.05, 4.69) is 26.3 Å². The lowest BCUT2D eigenvalue weighted by Crippen LogP contribution is -2.43. The number of anilines is 2. The van der Waals surface area contributed by atoms with Crippen LogP contribution in [0.5, 0.6) is 0 Å². The number of nitrogens with zero attached hydrogens (tertiary/aromatic N) is 5. The lowest BCUT2D eigenvalue weighted by Gasteiger charge is -2.33. The first-order valence-corrected chi connectivity index (χ1v) is 10.1. The van der Waals surface area contributed by atoms with E-state index in [-0.39, 0.29) is 5.91 Å². The van der Waals surface area contributed by atoms with E-state index in [1.54, 1.807) is 18.6 Å². The summed E-state index contributed by atoms with van der Waals surface area (Å²) in [4.78, 5) is 29.8. The van der Waals surface area contributed by atoms with Crippen LogP contribution in [-0.2, 0) is 4.79 Å². The average molecular weight is 383 g/mol. The first kappa shape index (κ1) is 20.2. The third-order valence-electron chi connectivity index (χ3n) is 5.21. The second kappa shape index (κ2) is 9.59. The van der Waals surface area contributed by atoms with Crippen LogP contribution in [0.3, 0.4) is 0 Å². The minimum Gasteiger partial charge on any atom is -0.342 e. The summed E-state index contributed by atoms with van der Waals surface area (Å²) in [6.45, 7) is 9.94. The highest BCUT2D eigenvalue weighted by Gasteiger charge is 2.25. The van der Waals surface area contributed by atoms with Crippen molar-refractivity contribution in [1.29, 1.82) is 0 Å². The number of hydrogen-bond acceptors (Lipinski definition) is 6. The van der Waals surface area contributed by atoms with Crippen LogP contribution in [0.15, 0.2) is 30.7 Å². The van der Waals surface area contributed by atoms with Gasteiger partial charge in [0.15, 0.2) is 0 Å². The number of amides is 1. The molecule has 150 valence electrons. The number of aryl methyl sites for hydroxylation is 1. The van der Waals surface area contributed by atoms with E-state index in [1.165, 1.54) is 0 Å². The summed E-state index contributed by atoms with van der Waals surface area (Å²) in [6.07, 6.45) is 7.21. The predicted octanol–water partition coefficient (Wildman–Crippen LogP) is 2.97. The fourth-order valence-electron chi connectivity index (χ4n) is 3.80. The number of carbonyl (C=O) groups excluding carboxylic acids is 1. The normalized spacial score (nSPS) is 17.3. The zero-order chi connectivity index (χ0) is 19.9. The minimum absolute atomic E-state index is 0.216.